The van der Waals surface area contributed by atoms with E-state index >= 15 is 0 Å². The molecule has 0 radical (unpaired) electrons. The van der Waals surface area contributed by atoms with Gasteiger partial charge in [-0.1, -0.05) is 35.8 Å². The number of fused-ring (bicyclic) bond motifs is 1. The van der Waals surface area contributed by atoms with Gasteiger partial charge in [-0.3, -0.25) is 10.1 Å². The van der Waals surface area contributed by atoms with Crippen LogP contribution < -0.4 is 0 Å². The first-order valence-corrected chi connectivity index (χ1v) is 8.56. The van der Waals surface area contributed by atoms with Gasteiger partial charge in [0.1, 0.15) is 0 Å². The van der Waals surface area contributed by atoms with E-state index in [9.17, 15) is 10.1 Å². The van der Waals surface area contributed by atoms with E-state index in [1.807, 2.05) is 0 Å². The highest BCUT2D eigenvalue weighted by molar-refractivity contribution is 5.45. The number of hydrogen-bond acceptors (Lipinski definition) is 2. The van der Waals surface area contributed by atoms with Crippen molar-refractivity contribution in [1.82, 2.24) is 0 Å². The van der Waals surface area contributed by atoms with Crippen molar-refractivity contribution in [2.24, 2.45) is 0 Å². The van der Waals surface area contributed by atoms with Gasteiger partial charge in [0.2, 0.25) is 0 Å². The summed E-state index contributed by atoms with van der Waals surface area (Å²) in [6.45, 7) is 0. The Labute approximate surface area is 148 Å². The van der Waals surface area contributed by atoms with Crippen LogP contribution >= 0.6 is 0 Å². The predicted octanol–water partition coefficient (Wildman–Crippen LogP) is 4.66. The smallest absolute Gasteiger partial charge is 0.258 e. The molecule has 0 spiro atoms. The van der Waals surface area contributed by atoms with Crippen molar-refractivity contribution in [3.63, 3.8) is 0 Å². The van der Waals surface area contributed by atoms with Gasteiger partial charge in [-0.15, -0.1) is 0 Å². The molecule has 0 aromatic heterocycles. The van der Waals surface area contributed by atoms with Crippen LogP contribution in [0.5, 0.6) is 0 Å². The second-order valence-corrected chi connectivity index (χ2v) is 6.10. The van der Waals surface area contributed by atoms with Gasteiger partial charge in [-0.2, -0.15) is 0 Å². The fourth-order valence-electron chi connectivity index (χ4n) is 2.73. The van der Waals surface area contributed by atoms with Crippen LogP contribution in [0.1, 0.15) is 47.9 Å². The van der Waals surface area contributed by atoms with E-state index in [2.05, 4.69) is 41.9 Å². The Hall–Kier alpha value is -3.04. The highest BCUT2D eigenvalue weighted by Crippen LogP contribution is 2.23. The lowest BCUT2D eigenvalue weighted by Gasteiger charge is -2.17. The minimum absolute atomic E-state index is 0.0814. The van der Waals surface area contributed by atoms with Crippen LogP contribution in [0.3, 0.4) is 0 Å². The Balaban J connectivity index is 1.40. The lowest BCUT2D eigenvalue weighted by Crippen LogP contribution is -2.07. The zero-order valence-electron chi connectivity index (χ0n) is 14.0. The number of nitro benzene ring substituents is 1. The fourth-order valence-corrected chi connectivity index (χ4v) is 2.73. The molecule has 3 nitrogen and oxygen atoms in total. The van der Waals surface area contributed by atoms with Crippen molar-refractivity contribution in [2.45, 2.75) is 38.5 Å². The average Bonchev–Trinajstić information content (AvgIpc) is 2.59. The van der Waals surface area contributed by atoms with E-state index in [1.165, 1.54) is 36.1 Å². The van der Waals surface area contributed by atoms with E-state index in [0.717, 1.165) is 31.2 Å². The number of nitro groups is 1. The molecule has 124 valence electrons. The molecule has 0 saturated carbocycles. The molecule has 0 saturated heterocycles. The number of rotatable bonds is 4. The quantitative estimate of drug-likeness (QED) is 0.354. The summed E-state index contributed by atoms with van der Waals surface area (Å²) in [5, 5.41) is 10.7. The second kappa shape index (κ2) is 8.18. The van der Waals surface area contributed by atoms with Gasteiger partial charge in [0.25, 0.3) is 5.69 Å². The van der Waals surface area contributed by atoms with Crippen LogP contribution in [0.4, 0.5) is 5.69 Å². The molecule has 25 heavy (non-hydrogen) atoms. The van der Waals surface area contributed by atoms with E-state index in [-0.39, 0.29) is 5.69 Å². The highest BCUT2D eigenvalue weighted by Gasteiger charge is 2.11. The third kappa shape index (κ3) is 4.72. The van der Waals surface area contributed by atoms with Gasteiger partial charge >= 0.3 is 0 Å². The maximum atomic E-state index is 10.7. The summed E-state index contributed by atoms with van der Waals surface area (Å²) in [4.78, 5) is 10.3. The summed E-state index contributed by atoms with van der Waals surface area (Å²) >= 11 is 0. The van der Waals surface area contributed by atoms with Crippen molar-refractivity contribution in [3.8, 4) is 23.7 Å². The first-order valence-electron chi connectivity index (χ1n) is 8.56. The highest BCUT2D eigenvalue weighted by atomic mass is 16.6. The van der Waals surface area contributed by atoms with Gasteiger partial charge in [0.05, 0.1) is 4.92 Å². The molecule has 2 aromatic carbocycles. The zero-order valence-corrected chi connectivity index (χ0v) is 14.0. The molecule has 0 N–H and O–H groups in total. The van der Waals surface area contributed by atoms with Gasteiger partial charge in [0.15, 0.2) is 0 Å². The third-order valence-electron chi connectivity index (χ3n) is 4.25. The number of unbranched alkanes of at least 4 members (excludes halogenated alkanes) is 3. The lowest BCUT2D eigenvalue weighted by atomic mass is 9.87. The van der Waals surface area contributed by atoms with Gasteiger partial charge < -0.3 is 0 Å². The summed E-state index contributed by atoms with van der Waals surface area (Å²) in [6.07, 6.45) is 6.05. The van der Waals surface area contributed by atoms with Crippen LogP contribution in [0.15, 0.2) is 42.5 Å². The topological polar surface area (TPSA) is 43.1 Å². The SMILES string of the molecule is O=[N+]([O-])c1cccc(C#CCCCCC#Cc2ccc3c(c2)CC3)c1. The van der Waals surface area contributed by atoms with Crippen molar-refractivity contribution >= 4 is 5.69 Å². The molecular formula is C22H19NO2. The van der Waals surface area contributed by atoms with Crippen LogP contribution in [0, 0.1) is 33.8 Å². The number of hydrogen-bond donors (Lipinski definition) is 0. The number of non-ortho nitro benzene ring substituents is 1. The largest absolute Gasteiger partial charge is 0.270 e. The summed E-state index contributed by atoms with van der Waals surface area (Å²) in [5.74, 6) is 12.5. The Bertz CT molecular complexity index is 907. The Kier molecular flexibility index (Phi) is 5.50. The number of aryl methyl sites for hydroxylation is 2. The molecule has 0 unspecified atom stereocenters. The maximum Gasteiger partial charge on any atom is 0.270 e. The number of benzene rings is 2. The molecule has 0 aliphatic heterocycles. The normalized spacial score (nSPS) is 11.2. The minimum atomic E-state index is -0.400. The third-order valence-corrected chi connectivity index (χ3v) is 4.25. The fraction of sp³-hybridized carbons (Fsp3) is 0.273. The van der Waals surface area contributed by atoms with Crippen LogP contribution in [0.25, 0.3) is 0 Å². The second-order valence-electron chi connectivity index (χ2n) is 6.10. The molecule has 1 aliphatic rings. The van der Waals surface area contributed by atoms with Crippen LogP contribution in [-0.4, -0.2) is 4.92 Å². The van der Waals surface area contributed by atoms with Crippen LogP contribution in [0.2, 0.25) is 0 Å². The summed E-state index contributed by atoms with van der Waals surface area (Å²) < 4.78 is 0. The molecule has 2 aromatic rings. The summed E-state index contributed by atoms with van der Waals surface area (Å²) in [7, 11) is 0. The summed E-state index contributed by atoms with van der Waals surface area (Å²) in [6, 6.07) is 12.9. The lowest BCUT2D eigenvalue weighted by molar-refractivity contribution is -0.384. The first kappa shape index (κ1) is 16.8. The van der Waals surface area contributed by atoms with E-state index < -0.39 is 4.92 Å². The molecule has 0 atom stereocenters. The van der Waals surface area contributed by atoms with E-state index in [4.69, 9.17) is 0 Å². The Morgan fingerprint density at radius 1 is 0.880 bits per heavy atom. The zero-order chi connectivity index (χ0) is 17.5. The van der Waals surface area contributed by atoms with Gasteiger partial charge in [-0.05, 0) is 55.0 Å². The van der Waals surface area contributed by atoms with Crippen LogP contribution in [-0.2, 0) is 12.8 Å². The van der Waals surface area contributed by atoms with Gasteiger partial charge in [-0.25, -0.2) is 0 Å². The molecule has 3 heteroatoms. The molecule has 0 fully saturated rings. The van der Waals surface area contributed by atoms with E-state index in [1.54, 1.807) is 12.1 Å². The maximum absolute atomic E-state index is 10.7. The molecular weight excluding hydrogens is 310 g/mol. The standard InChI is InChI=1S/C22H19NO2/c24-23(25)22-11-7-10-18(17-22)8-5-3-1-2-4-6-9-19-12-13-20-14-15-21(20)16-19/h7,10-13,16-17H,1-4,14-15H2. The van der Waals surface area contributed by atoms with E-state index in [0.29, 0.717) is 5.56 Å². The van der Waals surface area contributed by atoms with Crippen molar-refractivity contribution in [1.29, 1.82) is 0 Å². The Morgan fingerprint density at radius 2 is 1.56 bits per heavy atom. The number of nitrogens with zero attached hydrogens (tertiary/aromatic N) is 1. The molecule has 3 rings (SSSR count). The predicted molar refractivity (Wildman–Crippen MR) is 99.2 cm³/mol. The Morgan fingerprint density at radius 3 is 2.16 bits per heavy atom. The molecule has 0 bridgehead atoms. The molecule has 1 aliphatic carbocycles. The molecule has 0 heterocycles. The van der Waals surface area contributed by atoms with Crippen molar-refractivity contribution in [2.75, 3.05) is 0 Å². The van der Waals surface area contributed by atoms with Crippen molar-refractivity contribution < 1.29 is 4.92 Å². The minimum Gasteiger partial charge on any atom is -0.258 e. The van der Waals surface area contributed by atoms with Gasteiger partial charge in [0, 0.05) is 36.1 Å². The summed E-state index contributed by atoms with van der Waals surface area (Å²) in [5.41, 5.74) is 4.80. The monoisotopic (exact) mass is 329 g/mol. The van der Waals surface area contributed by atoms with Crippen molar-refractivity contribution in [3.05, 3.63) is 74.8 Å². The average molecular weight is 329 g/mol. The molecule has 0 amide bonds. The first-order chi connectivity index (χ1) is 12.2.